The summed E-state index contributed by atoms with van der Waals surface area (Å²) in [6.07, 6.45) is 2.59. The van der Waals surface area contributed by atoms with Crippen molar-refractivity contribution in [3.63, 3.8) is 0 Å². The van der Waals surface area contributed by atoms with Crippen LogP contribution >= 0.6 is 0 Å². The van der Waals surface area contributed by atoms with E-state index in [9.17, 15) is 9.50 Å². The van der Waals surface area contributed by atoms with E-state index in [1.54, 1.807) is 19.1 Å². The van der Waals surface area contributed by atoms with Crippen molar-refractivity contribution in [3.05, 3.63) is 53.1 Å². The first-order valence-electron chi connectivity index (χ1n) is 6.99. The van der Waals surface area contributed by atoms with Crippen molar-refractivity contribution in [3.8, 4) is 0 Å². The third-order valence-corrected chi connectivity index (χ3v) is 3.69. The van der Waals surface area contributed by atoms with Gasteiger partial charge in [-0.25, -0.2) is 4.39 Å². The van der Waals surface area contributed by atoms with E-state index in [4.69, 9.17) is 0 Å². The second kappa shape index (κ2) is 6.18. The fraction of sp³-hybridized carbons (Fsp3) is 0.438. The monoisotopic (exact) mass is 276 g/mol. The van der Waals surface area contributed by atoms with Crippen molar-refractivity contribution in [1.82, 2.24) is 9.78 Å². The molecular formula is C16H21FN2O. The van der Waals surface area contributed by atoms with E-state index in [1.807, 2.05) is 16.9 Å². The number of aryl methyl sites for hydroxylation is 1. The third-order valence-electron chi connectivity index (χ3n) is 3.69. The minimum atomic E-state index is -0.731. The van der Waals surface area contributed by atoms with E-state index >= 15 is 0 Å². The maximum Gasteiger partial charge on any atom is 0.126 e. The molecule has 0 saturated carbocycles. The second-order valence-corrected chi connectivity index (χ2v) is 5.27. The standard InChI is InChI=1S/C16H21FN2O/c1-4-12(3)19-8-7-14(18-19)10-16(20)13-6-5-11(2)15(17)9-13/h5-9,12,16,20H,4,10H2,1-3H3. The second-order valence-electron chi connectivity index (χ2n) is 5.27. The predicted molar refractivity (Wildman–Crippen MR) is 77.0 cm³/mol. The van der Waals surface area contributed by atoms with Gasteiger partial charge in [-0.05, 0) is 43.5 Å². The summed E-state index contributed by atoms with van der Waals surface area (Å²) in [5, 5.41) is 14.6. The predicted octanol–water partition coefficient (Wildman–Crippen LogP) is 3.58. The Morgan fingerprint density at radius 2 is 2.10 bits per heavy atom. The molecule has 1 aromatic heterocycles. The van der Waals surface area contributed by atoms with Gasteiger partial charge in [0.05, 0.1) is 11.8 Å². The van der Waals surface area contributed by atoms with Crippen LogP contribution in [0.15, 0.2) is 30.5 Å². The maximum atomic E-state index is 13.5. The Morgan fingerprint density at radius 1 is 1.35 bits per heavy atom. The van der Waals surface area contributed by atoms with Gasteiger partial charge in [0.25, 0.3) is 0 Å². The summed E-state index contributed by atoms with van der Waals surface area (Å²) in [4.78, 5) is 0. The number of rotatable bonds is 5. The van der Waals surface area contributed by atoms with Crippen molar-refractivity contribution < 1.29 is 9.50 Å². The fourth-order valence-corrected chi connectivity index (χ4v) is 2.05. The molecule has 0 aliphatic carbocycles. The Labute approximate surface area is 119 Å². The van der Waals surface area contributed by atoms with Crippen LogP contribution in [0.4, 0.5) is 4.39 Å². The van der Waals surface area contributed by atoms with Crippen LogP contribution in [0.5, 0.6) is 0 Å². The summed E-state index contributed by atoms with van der Waals surface area (Å²) in [6, 6.07) is 7.09. The summed E-state index contributed by atoms with van der Waals surface area (Å²) in [6.45, 7) is 5.91. The molecule has 0 fully saturated rings. The number of hydrogen-bond donors (Lipinski definition) is 1. The van der Waals surface area contributed by atoms with Crippen molar-refractivity contribution in [2.45, 2.75) is 45.8 Å². The SMILES string of the molecule is CCC(C)n1ccc(CC(O)c2ccc(C)c(F)c2)n1. The summed E-state index contributed by atoms with van der Waals surface area (Å²) < 4.78 is 15.4. The van der Waals surface area contributed by atoms with Gasteiger partial charge in [0.2, 0.25) is 0 Å². The van der Waals surface area contributed by atoms with Gasteiger partial charge in [0.15, 0.2) is 0 Å². The quantitative estimate of drug-likeness (QED) is 0.906. The fourth-order valence-electron chi connectivity index (χ4n) is 2.05. The smallest absolute Gasteiger partial charge is 0.126 e. The Kier molecular flexibility index (Phi) is 4.55. The van der Waals surface area contributed by atoms with Crippen molar-refractivity contribution in [2.75, 3.05) is 0 Å². The summed E-state index contributed by atoms with van der Waals surface area (Å²) in [5.74, 6) is -0.285. The summed E-state index contributed by atoms with van der Waals surface area (Å²) in [7, 11) is 0. The number of aromatic nitrogens is 2. The Balaban J connectivity index is 2.09. The first-order chi connectivity index (χ1) is 9.51. The highest BCUT2D eigenvalue weighted by Crippen LogP contribution is 2.20. The molecule has 20 heavy (non-hydrogen) atoms. The molecule has 0 amide bonds. The number of aliphatic hydroxyl groups is 1. The van der Waals surface area contributed by atoms with Gasteiger partial charge in [-0.2, -0.15) is 5.10 Å². The van der Waals surface area contributed by atoms with Crippen molar-refractivity contribution >= 4 is 0 Å². The lowest BCUT2D eigenvalue weighted by molar-refractivity contribution is 0.176. The Morgan fingerprint density at radius 3 is 2.75 bits per heavy atom. The average molecular weight is 276 g/mol. The topological polar surface area (TPSA) is 38.0 Å². The zero-order valence-corrected chi connectivity index (χ0v) is 12.2. The van der Waals surface area contributed by atoms with Crippen LogP contribution < -0.4 is 0 Å². The zero-order chi connectivity index (χ0) is 14.7. The molecular weight excluding hydrogens is 255 g/mol. The van der Waals surface area contributed by atoms with E-state index in [0.29, 0.717) is 23.6 Å². The highest BCUT2D eigenvalue weighted by molar-refractivity contribution is 5.25. The van der Waals surface area contributed by atoms with E-state index in [1.165, 1.54) is 6.07 Å². The van der Waals surface area contributed by atoms with Crippen LogP contribution in [0.2, 0.25) is 0 Å². The highest BCUT2D eigenvalue weighted by atomic mass is 19.1. The van der Waals surface area contributed by atoms with E-state index in [-0.39, 0.29) is 5.82 Å². The van der Waals surface area contributed by atoms with Crippen molar-refractivity contribution in [1.29, 1.82) is 0 Å². The van der Waals surface area contributed by atoms with Crippen molar-refractivity contribution in [2.24, 2.45) is 0 Å². The van der Waals surface area contributed by atoms with Gasteiger partial charge in [-0.15, -0.1) is 0 Å². The third kappa shape index (κ3) is 3.25. The molecule has 2 rings (SSSR count). The molecule has 1 aromatic carbocycles. The minimum absolute atomic E-state index is 0.285. The molecule has 2 aromatic rings. The van der Waals surface area contributed by atoms with Gasteiger partial charge < -0.3 is 5.11 Å². The van der Waals surface area contributed by atoms with Gasteiger partial charge >= 0.3 is 0 Å². The zero-order valence-electron chi connectivity index (χ0n) is 12.2. The normalized spacial score (nSPS) is 14.2. The molecule has 0 saturated heterocycles. The van der Waals surface area contributed by atoms with Crippen LogP contribution in [-0.2, 0) is 6.42 Å². The van der Waals surface area contributed by atoms with Gasteiger partial charge in [0.1, 0.15) is 5.82 Å². The van der Waals surface area contributed by atoms with Crippen LogP contribution in [-0.4, -0.2) is 14.9 Å². The lowest BCUT2D eigenvalue weighted by Gasteiger charge is -2.11. The first-order valence-corrected chi connectivity index (χ1v) is 6.99. The molecule has 3 nitrogen and oxygen atoms in total. The van der Waals surface area contributed by atoms with Crippen LogP contribution in [0.3, 0.4) is 0 Å². The van der Waals surface area contributed by atoms with Crippen LogP contribution in [0.25, 0.3) is 0 Å². The minimum Gasteiger partial charge on any atom is -0.388 e. The molecule has 0 aliphatic rings. The van der Waals surface area contributed by atoms with E-state index in [2.05, 4.69) is 18.9 Å². The lowest BCUT2D eigenvalue weighted by atomic mass is 10.0. The number of aliphatic hydroxyl groups excluding tert-OH is 1. The van der Waals surface area contributed by atoms with Crippen LogP contribution in [0, 0.1) is 12.7 Å². The molecule has 4 heteroatoms. The molecule has 2 atom stereocenters. The molecule has 1 N–H and O–H groups in total. The highest BCUT2D eigenvalue weighted by Gasteiger charge is 2.13. The summed E-state index contributed by atoms with van der Waals surface area (Å²) >= 11 is 0. The molecule has 0 bridgehead atoms. The molecule has 0 radical (unpaired) electrons. The van der Waals surface area contributed by atoms with Gasteiger partial charge in [-0.3, -0.25) is 4.68 Å². The first kappa shape index (κ1) is 14.7. The number of hydrogen-bond acceptors (Lipinski definition) is 2. The summed E-state index contributed by atoms with van der Waals surface area (Å²) in [5.41, 5.74) is 1.99. The number of benzene rings is 1. The molecule has 2 unspecified atom stereocenters. The van der Waals surface area contributed by atoms with Crippen LogP contribution in [0.1, 0.15) is 49.2 Å². The number of nitrogens with zero attached hydrogens (tertiary/aromatic N) is 2. The lowest BCUT2D eigenvalue weighted by Crippen LogP contribution is -2.07. The van der Waals surface area contributed by atoms with Gasteiger partial charge in [0, 0.05) is 18.7 Å². The van der Waals surface area contributed by atoms with Gasteiger partial charge in [-0.1, -0.05) is 19.1 Å². The maximum absolute atomic E-state index is 13.5. The largest absolute Gasteiger partial charge is 0.388 e. The number of halogens is 1. The molecule has 108 valence electrons. The van der Waals surface area contributed by atoms with E-state index in [0.717, 1.165) is 12.1 Å². The molecule has 1 heterocycles. The Hall–Kier alpha value is -1.68. The molecule has 0 spiro atoms. The van der Waals surface area contributed by atoms with E-state index < -0.39 is 6.10 Å². The average Bonchev–Trinajstić information content (AvgIpc) is 2.89. The Bertz CT molecular complexity index is 580. The molecule has 0 aliphatic heterocycles.